The number of aliphatic imine (C=N–C) groups is 2. The highest BCUT2D eigenvalue weighted by Gasteiger charge is 2.19. The lowest BCUT2D eigenvalue weighted by Crippen LogP contribution is -3.00. The Balaban J connectivity index is 0.000000287. The molecule has 2 N–H and O–H groups in total. The number of hydrogen-bond acceptors (Lipinski definition) is 15. The van der Waals surface area contributed by atoms with Gasteiger partial charge in [0.2, 0.25) is 29.7 Å². The van der Waals surface area contributed by atoms with E-state index < -0.39 is 7.12 Å². The highest BCUT2D eigenvalue weighted by molar-refractivity contribution is 14.1. The number of fused-ring (bicyclic) bond motifs is 1. The lowest BCUT2D eigenvalue weighted by atomic mass is 9.80. The standard InChI is InChI=1S/C13H13N3O.C12H10IN3O2.C9H13BO5.C7H8BrNO.FH.H2I/c1-9-6-13(17-3)12(15-7-9)5-4-11-8-14-10(2)16-11;1-16-6-7(4-15-16)12-10(13)11-9(18-12)3-8(17-2)5-14-11;1-13-7-4-6(10(11)12)5-8(14-2)9(7)15-3;1-5-3-6(10-2)7(8)9-4-5;;/h6-8,10H,1-3H3;3-6H,1-2H3;4-5,11-12H,1-3H3;3-4H,1-2H3;1H;1H2/q;;;;;+1. The fraction of sp³-hybridized carbons (Fsp3) is 0.268. The predicted molar refractivity (Wildman–Crippen MR) is 248 cm³/mol. The first-order valence-corrected chi connectivity index (χ1v) is 19.7. The predicted octanol–water partition coefficient (Wildman–Crippen LogP) is 2.64. The molecule has 0 amide bonds. The van der Waals surface area contributed by atoms with Gasteiger partial charge in [-0.05, 0) is 112 Å². The van der Waals surface area contributed by atoms with Gasteiger partial charge in [-0.25, -0.2) is 19.9 Å². The van der Waals surface area contributed by atoms with E-state index in [1.54, 1.807) is 57.0 Å². The molecule has 1 aliphatic heterocycles. The molecule has 16 nitrogen and oxygen atoms in total. The topological polar surface area (TPSA) is 190 Å². The highest BCUT2D eigenvalue weighted by Crippen LogP contribution is 2.36. The number of methoxy groups -OCH3 is 6. The van der Waals surface area contributed by atoms with Gasteiger partial charge in [-0.15, -0.1) is 0 Å². The maximum Gasteiger partial charge on any atom is 0.488 e. The van der Waals surface area contributed by atoms with Crippen LogP contribution in [-0.2, 0) is 7.05 Å². The first-order chi connectivity index (χ1) is 28.7. The SMILES string of the molecule is COc1cc(B(O)O)cc(OC)c1OC.COc1cc(C)cnc1Br.COc1cc(C)cnc1C#CC1=NC(C)N=C1.COc1cnc2c(I)c(-c3cnn(C)c3)oc2c1.F.[IH2+]. The van der Waals surface area contributed by atoms with Gasteiger partial charge in [0, 0.05) is 31.7 Å². The van der Waals surface area contributed by atoms with Crippen molar-refractivity contribution in [3.63, 3.8) is 0 Å². The van der Waals surface area contributed by atoms with E-state index in [4.69, 9.17) is 42.9 Å². The summed E-state index contributed by atoms with van der Waals surface area (Å²) in [4.78, 5) is 21.0. The van der Waals surface area contributed by atoms with Gasteiger partial charge in [0.1, 0.15) is 27.7 Å². The van der Waals surface area contributed by atoms with Crippen LogP contribution in [0.5, 0.6) is 34.5 Å². The summed E-state index contributed by atoms with van der Waals surface area (Å²) >= 11 is 5.49. The number of halogens is 4. The largest absolute Gasteiger partial charge is 0.495 e. The molecule has 1 aliphatic rings. The Morgan fingerprint density at radius 3 is 1.90 bits per heavy atom. The van der Waals surface area contributed by atoms with Crippen molar-refractivity contribution in [1.29, 1.82) is 0 Å². The van der Waals surface area contributed by atoms with Crippen LogP contribution in [0.3, 0.4) is 0 Å². The molecule has 62 heavy (non-hydrogen) atoms. The number of pyridine rings is 3. The second-order valence-electron chi connectivity index (χ2n) is 12.4. The summed E-state index contributed by atoms with van der Waals surface area (Å²) in [6.07, 6.45) is 10.6. The van der Waals surface area contributed by atoms with Crippen molar-refractivity contribution in [2.45, 2.75) is 26.9 Å². The molecule has 0 bridgehead atoms. The molecule has 0 saturated heterocycles. The molecular formula is C41H47BBrFI2N7O9+. The van der Waals surface area contributed by atoms with Gasteiger partial charge in [0.15, 0.2) is 40.0 Å². The van der Waals surface area contributed by atoms with E-state index in [0.29, 0.717) is 40.2 Å². The van der Waals surface area contributed by atoms with Gasteiger partial charge in [-0.2, -0.15) is 5.10 Å². The summed E-state index contributed by atoms with van der Waals surface area (Å²) in [5.41, 5.74) is 6.23. The van der Waals surface area contributed by atoms with Crippen LogP contribution in [0.4, 0.5) is 4.70 Å². The Hall–Kier alpha value is -5.03. The molecule has 0 saturated carbocycles. The van der Waals surface area contributed by atoms with Crippen molar-refractivity contribution in [2.24, 2.45) is 17.0 Å². The molecule has 330 valence electrons. The third kappa shape index (κ3) is 14.5. The van der Waals surface area contributed by atoms with E-state index in [2.05, 4.69) is 80.4 Å². The average Bonchev–Trinajstić information content (AvgIpc) is 3.98. The van der Waals surface area contributed by atoms with Crippen molar-refractivity contribution in [1.82, 2.24) is 24.7 Å². The van der Waals surface area contributed by atoms with E-state index in [-0.39, 0.29) is 40.3 Å². The summed E-state index contributed by atoms with van der Waals surface area (Å²) in [5, 5.41) is 22.2. The smallest absolute Gasteiger partial charge is 0.488 e. The lowest BCUT2D eigenvalue weighted by Gasteiger charge is -2.13. The van der Waals surface area contributed by atoms with E-state index >= 15 is 0 Å². The quantitative estimate of drug-likeness (QED) is 0.0981. The van der Waals surface area contributed by atoms with E-state index in [1.807, 2.05) is 52.2 Å². The zero-order valence-corrected chi connectivity index (χ0v) is 41.8. The number of benzene rings is 1. The molecule has 1 unspecified atom stereocenters. The second-order valence-corrected chi connectivity index (χ2v) is 14.3. The van der Waals surface area contributed by atoms with Gasteiger partial charge >= 0.3 is 7.12 Å². The fourth-order valence-electron chi connectivity index (χ4n) is 5.11. The summed E-state index contributed by atoms with van der Waals surface area (Å²) in [5.74, 6) is 10.0. The zero-order valence-electron chi connectivity index (χ0n) is 35.5. The second kappa shape index (κ2) is 25.8. The van der Waals surface area contributed by atoms with Gasteiger partial charge in [-0.1, -0.05) is 0 Å². The number of nitrogens with zero attached hydrogens (tertiary/aromatic N) is 7. The monoisotopic (exact) mass is 1140 g/mol. The van der Waals surface area contributed by atoms with Crippen molar-refractivity contribution in [3.8, 4) is 57.7 Å². The number of aryl methyl sites for hydroxylation is 3. The molecule has 5 aromatic heterocycles. The zero-order chi connectivity index (χ0) is 43.9. The minimum atomic E-state index is -1.57. The molecule has 0 aliphatic carbocycles. The Morgan fingerprint density at radius 1 is 0.790 bits per heavy atom. The van der Waals surface area contributed by atoms with E-state index in [1.165, 1.54) is 33.5 Å². The van der Waals surface area contributed by atoms with E-state index in [9.17, 15) is 0 Å². The summed E-state index contributed by atoms with van der Waals surface area (Å²) in [6, 6.07) is 8.63. The molecule has 7 rings (SSSR count). The normalized spacial score (nSPS) is 11.8. The van der Waals surface area contributed by atoms with Gasteiger partial charge < -0.3 is 42.9 Å². The number of furan rings is 1. The van der Waals surface area contributed by atoms with E-state index in [0.717, 1.165) is 47.5 Å². The molecule has 1 aromatic carbocycles. The fourth-order valence-corrected chi connectivity index (χ4v) is 6.32. The maximum atomic E-state index is 9.03. The van der Waals surface area contributed by atoms with Gasteiger partial charge in [-0.3, -0.25) is 14.4 Å². The number of aromatic nitrogens is 5. The molecule has 0 fully saturated rings. The Labute approximate surface area is 398 Å². The Kier molecular flexibility index (Phi) is 22.1. The third-order valence-electron chi connectivity index (χ3n) is 8.06. The van der Waals surface area contributed by atoms with Crippen LogP contribution in [0.25, 0.3) is 22.4 Å². The minimum Gasteiger partial charge on any atom is -0.495 e. The number of ether oxygens (including phenoxy) is 6. The van der Waals surface area contributed by atoms with Crippen molar-refractivity contribution < 1.29 is 71.6 Å². The molecule has 0 spiro atoms. The summed E-state index contributed by atoms with van der Waals surface area (Å²) < 4.78 is 39.9. The molecule has 6 aromatic rings. The van der Waals surface area contributed by atoms with Crippen molar-refractivity contribution in [2.75, 3.05) is 42.7 Å². The minimum absolute atomic E-state index is 0. The maximum absolute atomic E-state index is 9.03. The summed E-state index contributed by atoms with van der Waals surface area (Å²) in [6.45, 7) is 5.85. The van der Waals surface area contributed by atoms with Crippen LogP contribution in [-0.4, -0.2) is 103 Å². The molecule has 21 heteroatoms. The van der Waals surface area contributed by atoms with Crippen LogP contribution in [0.2, 0.25) is 0 Å². The van der Waals surface area contributed by atoms with Gasteiger partial charge in [0.25, 0.3) is 0 Å². The average molecular weight is 1150 g/mol. The van der Waals surface area contributed by atoms with Crippen molar-refractivity contribution >= 4 is 74.1 Å². The molecule has 1 atom stereocenters. The van der Waals surface area contributed by atoms with Crippen LogP contribution < -0.4 is 57.9 Å². The van der Waals surface area contributed by atoms with Crippen molar-refractivity contribution in [3.05, 3.63) is 86.3 Å². The first-order valence-electron chi connectivity index (χ1n) is 17.8. The van der Waals surface area contributed by atoms with Gasteiger partial charge in [0.05, 0.1) is 70.4 Å². The molecule has 0 radical (unpaired) electrons. The van der Waals surface area contributed by atoms with Crippen LogP contribution >= 0.6 is 38.5 Å². The summed E-state index contributed by atoms with van der Waals surface area (Å²) in [7, 11) is 9.56. The van der Waals surface area contributed by atoms with Crippen LogP contribution in [0, 0.1) is 29.3 Å². The van der Waals surface area contributed by atoms with Crippen LogP contribution in [0.1, 0.15) is 23.7 Å². The highest BCUT2D eigenvalue weighted by atomic mass is 127. The number of rotatable bonds is 8. The lowest BCUT2D eigenvalue weighted by molar-refractivity contribution is -0.0000181. The number of hydrogen-bond donors (Lipinski definition) is 2. The van der Waals surface area contributed by atoms with Crippen LogP contribution in [0.15, 0.2) is 80.3 Å². The molecule has 6 heterocycles. The Morgan fingerprint density at radius 2 is 1.40 bits per heavy atom. The molecular weight excluding hydrogens is 1100 g/mol. The first kappa shape index (κ1) is 53.1. The Bertz CT molecular complexity index is 2510. The third-order valence-corrected chi connectivity index (χ3v) is 9.65.